The van der Waals surface area contributed by atoms with Crippen LogP contribution in [0.5, 0.6) is 0 Å². The van der Waals surface area contributed by atoms with Crippen molar-refractivity contribution in [2.75, 3.05) is 5.73 Å². The highest BCUT2D eigenvalue weighted by Gasteiger charge is 2.15. The van der Waals surface area contributed by atoms with Gasteiger partial charge in [-0.25, -0.2) is 9.18 Å². The molecule has 2 N–H and O–H groups in total. The largest absolute Gasteiger partial charge is 0.459 e. The molecule has 0 saturated carbocycles. The third-order valence-corrected chi connectivity index (χ3v) is 2.80. The number of esters is 1. The number of nitrogen functional groups attached to an aromatic ring is 1. The molecule has 17 heavy (non-hydrogen) atoms. The van der Waals surface area contributed by atoms with Gasteiger partial charge in [-0.05, 0) is 31.9 Å². The van der Waals surface area contributed by atoms with Gasteiger partial charge in [-0.15, -0.1) is 0 Å². The van der Waals surface area contributed by atoms with Crippen LogP contribution in [-0.2, 0) is 4.74 Å². The van der Waals surface area contributed by atoms with Crippen molar-refractivity contribution < 1.29 is 13.9 Å². The van der Waals surface area contributed by atoms with Crippen molar-refractivity contribution >= 4 is 11.7 Å². The zero-order valence-electron chi connectivity index (χ0n) is 10.4. The number of hydrogen-bond acceptors (Lipinski definition) is 3. The molecule has 0 aromatic heterocycles. The number of anilines is 1. The van der Waals surface area contributed by atoms with Crippen molar-refractivity contribution in [1.29, 1.82) is 0 Å². The van der Waals surface area contributed by atoms with Gasteiger partial charge in [0, 0.05) is 11.3 Å². The first-order valence-electron chi connectivity index (χ1n) is 5.76. The van der Waals surface area contributed by atoms with E-state index in [0.717, 1.165) is 18.9 Å². The van der Waals surface area contributed by atoms with E-state index >= 15 is 0 Å². The number of carbonyl (C=O) groups excluding carboxylic acids is 1. The molecule has 4 heteroatoms. The lowest BCUT2D eigenvalue weighted by Crippen LogP contribution is -2.17. The maximum absolute atomic E-state index is 13.4. The third-order valence-electron chi connectivity index (χ3n) is 2.80. The van der Waals surface area contributed by atoms with E-state index in [4.69, 9.17) is 10.5 Å². The predicted octanol–water partition coefficient (Wildman–Crippen LogP) is 3.06. The van der Waals surface area contributed by atoms with E-state index in [1.807, 2.05) is 13.8 Å². The quantitative estimate of drug-likeness (QED) is 0.649. The molecule has 0 bridgehead atoms. The van der Waals surface area contributed by atoms with Gasteiger partial charge in [-0.2, -0.15) is 0 Å². The zero-order chi connectivity index (χ0) is 13.0. The molecule has 1 rings (SSSR count). The molecular weight excluding hydrogens is 221 g/mol. The Morgan fingerprint density at radius 2 is 2.00 bits per heavy atom. The lowest BCUT2D eigenvalue weighted by molar-refractivity contribution is 0.0284. The first-order valence-corrected chi connectivity index (χ1v) is 5.76. The summed E-state index contributed by atoms with van der Waals surface area (Å²) < 4.78 is 18.6. The summed E-state index contributed by atoms with van der Waals surface area (Å²) >= 11 is 0. The van der Waals surface area contributed by atoms with Crippen LogP contribution in [0.2, 0.25) is 0 Å². The minimum atomic E-state index is -0.524. The highest BCUT2D eigenvalue weighted by atomic mass is 19.1. The zero-order valence-corrected chi connectivity index (χ0v) is 10.4. The molecule has 0 aliphatic carbocycles. The summed E-state index contributed by atoms with van der Waals surface area (Å²) in [4.78, 5) is 11.7. The molecule has 0 spiro atoms. The highest BCUT2D eigenvalue weighted by Crippen LogP contribution is 2.19. The van der Waals surface area contributed by atoms with Crippen molar-refractivity contribution in [2.45, 2.75) is 39.7 Å². The first-order chi connectivity index (χ1) is 7.99. The number of carbonyl (C=O) groups is 1. The molecule has 1 aromatic carbocycles. The van der Waals surface area contributed by atoms with E-state index in [1.54, 1.807) is 6.92 Å². The van der Waals surface area contributed by atoms with Gasteiger partial charge in [0.25, 0.3) is 0 Å². The monoisotopic (exact) mass is 239 g/mol. The number of hydrogen-bond donors (Lipinski definition) is 1. The van der Waals surface area contributed by atoms with Crippen molar-refractivity contribution in [3.63, 3.8) is 0 Å². The molecule has 3 nitrogen and oxygen atoms in total. The summed E-state index contributed by atoms with van der Waals surface area (Å²) in [5.41, 5.74) is 6.39. The van der Waals surface area contributed by atoms with E-state index in [-0.39, 0.29) is 17.4 Å². The SMILES string of the molecule is CCC(CC)OC(=O)c1cc(N)c(C)c(F)c1. The average Bonchev–Trinajstić information content (AvgIpc) is 2.31. The lowest BCUT2D eigenvalue weighted by Gasteiger charge is -2.14. The fourth-order valence-electron chi connectivity index (χ4n) is 1.49. The number of halogens is 1. The minimum absolute atomic E-state index is 0.131. The minimum Gasteiger partial charge on any atom is -0.459 e. The molecule has 0 radical (unpaired) electrons. The standard InChI is InChI=1S/C13H18FNO2/c1-4-10(5-2)17-13(16)9-6-11(14)8(3)12(15)7-9/h6-7,10H,4-5,15H2,1-3H3. The maximum Gasteiger partial charge on any atom is 0.338 e. The number of benzene rings is 1. The van der Waals surface area contributed by atoms with Crippen LogP contribution in [0.1, 0.15) is 42.6 Å². The number of rotatable bonds is 4. The van der Waals surface area contributed by atoms with Crippen molar-refractivity contribution in [3.8, 4) is 0 Å². The van der Waals surface area contributed by atoms with Crippen molar-refractivity contribution in [3.05, 3.63) is 29.1 Å². The second-order valence-electron chi connectivity index (χ2n) is 4.02. The Hall–Kier alpha value is -1.58. The molecule has 94 valence electrons. The summed E-state index contributed by atoms with van der Waals surface area (Å²) in [5.74, 6) is -1.01. The number of ether oxygens (including phenoxy) is 1. The van der Waals surface area contributed by atoms with E-state index < -0.39 is 11.8 Å². The van der Waals surface area contributed by atoms with Gasteiger partial charge in [-0.1, -0.05) is 13.8 Å². The van der Waals surface area contributed by atoms with Gasteiger partial charge < -0.3 is 10.5 Å². The van der Waals surface area contributed by atoms with Crippen LogP contribution in [0.3, 0.4) is 0 Å². The maximum atomic E-state index is 13.4. The van der Waals surface area contributed by atoms with Gasteiger partial charge in [0.05, 0.1) is 5.56 Å². The summed E-state index contributed by atoms with van der Waals surface area (Å²) in [5, 5.41) is 0. The topological polar surface area (TPSA) is 52.3 Å². The highest BCUT2D eigenvalue weighted by molar-refractivity contribution is 5.90. The Balaban J connectivity index is 2.90. The molecule has 0 fully saturated rings. The molecule has 0 heterocycles. The molecule has 0 amide bonds. The lowest BCUT2D eigenvalue weighted by atomic mass is 10.1. The van der Waals surface area contributed by atoms with Gasteiger partial charge in [0.2, 0.25) is 0 Å². The predicted molar refractivity (Wildman–Crippen MR) is 65.3 cm³/mol. The van der Waals surface area contributed by atoms with Crippen LogP contribution < -0.4 is 5.73 Å². The first kappa shape index (κ1) is 13.5. The summed E-state index contributed by atoms with van der Waals surface area (Å²) in [6, 6.07) is 2.61. The molecule has 0 atom stereocenters. The van der Waals surface area contributed by atoms with E-state index in [0.29, 0.717) is 5.56 Å². The Kier molecular flexibility index (Phi) is 4.49. The Bertz CT molecular complexity index is 391. The van der Waals surface area contributed by atoms with Crippen LogP contribution in [0.4, 0.5) is 10.1 Å². The van der Waals surface area contributed by atoms with Crippen LogP contribution in [0, 0.1) is 12.7 Å². The van der Waals surface area contributed by atoms with E-state index in [9.17, 15) is 9.18 Å². The molecule has 0 aliphatic heterocycles. The van der Waals surface area contributed by atoms with E-state index in [2.05, 4.69) is 0 Å². The Morgan fingerprint density at radius 1 is 1.41 bits per heavy atom. The molecular formula is C13H18FNO2. The van der Waals surface area contributed by atoms with E-state index in [1.165, 1.54) is 6.07 Å². The smallest absolute Gasteiger partial charge is 0.338 e. The second-order valence-corrected chi connectivity index (χ2v) is 4.02. The van der Waals surface area contributed by atoms with Crippen LogP contribution >= 0.6 is 0 Å². The van der Waals surface area contributed by atoms with Gasteiger partial charge in [-0.3, -0.25) is 0 Å². The summed E-state index contributed by atoms with van der Waals surface area (Å²) in [6.45, 7) is 5.44. The van der Waals surface area contributed by atoms with Gasteiger partial charge in [0.1, 0.15) is 11.9 Å². The summed E-state index contributed by atoms with van der Waals surface area (Å²) in [7, 11) is 0. The van der Waals surface area contributed by atoms with Gasteiger partial charge in [0.15, 0.2) is 0 Å². The Labute approximate surface area is 101 Å². The van der Waals surface area contributed by atoms with Crippen molar-refractivity contribution in [2.24, 2.45) is 0 Å². The fourth-order valence-corrected chi connectivity index (χ4v) is 1.49. The molecule has 0 aliphatic rings. The summed E-state index contributed by atoms with van der Waals surface area (Å²) in [6.07, 6.45) is 1.35. The average molecular weight is 239 g/mol. The van der Waals surface area contributed by atoms with Crippen LogP contribution in [-0.4, -0.2) is 12.1 Å². The molecule has 0 unspecified atom stereocenters. The number of nitrogens with two attached hydrogens (primary N) is 1. The molecule has 1 aromatic rings. The second kappa shape index (κ2) is 5.66. The van der Waals surface area contributed by atoms with Gasteiger partial charge >= 0.3 is 5.97 Å². The van der Waals surface area contributed by atoms with Crippen LogP contribution in [0.15, 0.2) is 12.1 Å². The third kappa shape index (κ3) is 3.19. The van der Waals surface area contributed by atoms with Crippen molar-refractivity contribution in [1.82, 2.24) is 0 Å². The normalized spacial score (nSPS) is 10.6. The molecule has 0 saturated heterocycles. The fraction of sp³-hybridized carbons (Fsp3) is 0.462. The van der Waals surface area contributed by atoms with Crippen LogP contribution in [0.25, 0.3) is 0 Å². The Morgan fingerprint density at radius 3 is 2.47 bits per heavy atom.